The highest BCUT2D eigenvalue weighted by Crippen LogP contribution is 2.28. The van der Waals surface area contributed by atoms with E-state index in [1.807, 2.05) is 41.8 Å². The van der Waals surface area contributed by atoms with Crippen molar-refractivity contribution in [1.82, 2.24) is 10.2 Å². The maximum atomic E-state index is 13.1. The Morgan fingerprint density at radius 3 is 2.67 bits per heavy atom. The van der Waals surface area contributed by atoms with Gasteiger partial charge in [-0.05, 0) is 27.8 Å². The third kappa shape index (κ3) is 3.22. The van der Waals surface area contributed by atoms with Crippen LogP contribution in [-0.4, -0.2) is 41.9 Å². The number of thiophene rings is 1. The third-order valence-electron chi connectivity index (χ3n) is 5.19. The number of nitrogens with one attached hydrogen (secondary N) is 1. The lowest BCUT2D eigenvalue weighted by Gasteiger charge is -2.45. The summed E-state index contributed by atoms with van der Waals surface area (Å²) in [7, 11) is 0. The summed E-state index contributed by atoms with van der Waals surface area (Å²) < 4.78 is 0. The molecule has 138 valence electrons. The van der Waals surface area contributed by atoms with Crippen LogP contribution in [0.4, 0.5) is 0 Å². The molecular weight excluding hydrogens is 358 g/mol. The molecule has 2 amide bonds. The maximum absolute atomic E-state index is 13.1. The number of carbonyl (C=O) groups is 2. The minimum atomic E-state index is -1.08. The molecule has 1 fully saturated rings. The van der Waals surface area contributed by atoms with Crippen LogP contribution >= 0.6 is 11.3 Å². The van der Waals surface area contributed by atoms with E-state index in [-0.39, 0.29) is 5.91 Å². The van der Waals surface area contributed by atoms with E-state index < -0.39 is 11.4 Å². The topological polar surface area (TPSA) is 75.4 Å². The number of fused-ring (bicyclic) bond motifs is 1. The molecule has 1 saturated heterocycles. The standard InChI is InChI=1S/C21H21N3O2S/c22-20(26)21(13-15-7-8-16-4-1-2-5-17(16)12-15)14-23-9-10-24(21)19(25)18-6-3-11-27-18/h1-8,11-12,23H,9-10,13-14H2,(H2,22,26). The second kappa shape index (κ2) is 7.13. The van der Waals surface area contributed by atoms with E-state index >= 15 is 0 Å². The Morgan fingerprint density at radius 2 is 1.93 bits per heavy atom. The summed E-state index contributed by atoms with van der Waals surface area (Å²) in [4.78, 5) is 28.0. The molecule has 3 aromatic rings. The zero-order valence-electron chi connectivity index (χ0n) is 14.9. The van der Waals surface area contributed by atoms with Crippen molar-refractivity contribution in [2.45, 2.75) is 12.0 Å². The van der Waals surface area contributed by atoms with Gasteiger partial charge in [-0.25, -0.2) is 0 Å². The zero-order valence-corrected chi connectivity index (χ0v) is 15.7. The number of benzene rings is 2. The van der Waals surface area contributed by atoms with Gasteiger partial charge in [0, 0.05) is 26.1 Å². The summed E-state index contributed by atoms with van der Waals surface area (Å²) in [5.41, 5.74) is 5.78. The zero-order chi connectivity index (χ0) is 18.9. The number of primary amides is 1. The Labute approximate surface area is 161 Å². The summed E-state index contributed by atoms with van der Waals surface area (Å²) in [6.45, 7) is 1.45. The van der Waals surface area contributed by atoms with Gasteiger partial charge in [0.15, 0.2) is 0 Å². The molecule has 0 bridgehead atoms. The lowest BCUT2D eigenvalue weighted by atomic mass is 9.85. The van der Waals surface area contributed by atoms with E-state index in [4.69, 9.17) is 5.73 Å². The third-order valence-corrected chi connectivity index (χ3v) is 6.05. The van der Waals surface area contributed by atoms with Gasteiger partial charge in [0.25, 0.3) is 5.91 Å². The number of piperazine rings is 1. The summed E-state index contributed by atoms with van der Waals surface area (Å²) in [6.07, 6.45) is 0.386. The fraction of sp³-hybridized carbons (Fsp3) is 0.238. The quantitative estimate of drug-likeness (QED) is 0.731. The minimum Gasteiger partial charge on any atom is -0.368 e. The highest BCUT2D eigenvalue weighted by atomic mass is 32.1. The first-order valence-electron chi connectivity index (χ1n) is 8.94. The summed E-state index contributed by atoms with van der Waals surface area (Å²) in [5.74, 6) is -0.612. The number of nitrogens with two attached hydrogens (primary N) is 1. The number of hydrogen-bond acceptors (Lipinski definition) is 4. The molecule has 0 aliphatic carbocycles. The molecule has 3 N–H and O–H groups in total. The molecule has 5 nitrogen and oxygen atoms in total. The molecule has 1 aliphatic rings. The second-order valence-corrected chi connectivity index (χ2v) is 7.81. The van der Waals surface area contributed by atoms with E-state index in [1.165, 1.54) is 11.3 Å². The first-order valence-corrected chi connectivity index (χ1v) is 9.82. The smallest absolute Gasteiger partial charge is 0.264 e. The Kier molecular flexibility index (Phi) is 4.68. The molecule has 1 aromatic heterocycles. The van der Waals surface area contributed by atoms with Crippen LogP contribution in [-0.2, 0) is 11.2 Å². The van der Waals surface area contributed by atoms with E-state index in [1.54, 1.807) is 11.0 Å². The van der Waals surface area contributed by atoms with Gasteiger partial charge in [-0.1, -0.05) is 48.5 Å². The van der Waals surface area contributed by atoms with Crippen molar-refractivity contribution in [2.24, 2.45) is 5.73 Å². The molecule has 1 unspecified atom stereocenters. The number of hydrogen-bond donors (Lipinski definition) is 2. The summed E-state index contributed by atoms with van der Waals surface area (Å²) in [6, 6.07) is 17.8. The summed E-state index contributed by atoms with van der Waals surface area (Å²) >= 11 is 1.38. The average molecular weight is 379 g/mol. The predicted octanol–water partition coefficient (Wildman–Crippen LogP) is 2.41. The van der Waals surface area contributed by atoms with Crippen molar-refractivity contribution >= 4 is 33.9 Å². The highest BCUT2D eigenvalue weighted by Gasteiger charge is 2.47. The van der Waals surface area contributed by atoms with Gasteiger partial charge in [0.1, 0.15) is 5.54 Å². The lowest BCUT2D eigenvalue weighted by molar-refractivity contribution is -0.129. The molecule has 6 heteroatoms. The second-order valence-electron chi connectivity index (χ2n) is 6.86. The van der Waals surface area contributed by atoms with Gasteiger partial charge in [-0.3, -0.25) is 9.59 Å². The van der Waals surface area contributed by atoms with Gasteiger partial charge >= 0.3 is 0 Å². The summed E-state index contributed by atoms with van der Waals surface area (Å²) in [5, 5.41) is 7.37. The molecule has 2 aromatic carbocycles. The van der Waals surface area contributed by atoms with E-state index in [2.05, 4.69) is 17.4 Å². The van der Waals surface area contributed by atoms with Gasteiger partial charge in [0.05, 0.1) is 4.88 Å². The number of amides is 2. The first kappa shape index (κ1) is 17.7. The van der Waals surface area contributed by atoms with Gasteiger partial charge in [-0.2, -0.15) is 0 Å². The molecule has 27 heavy (non-hydrogen) atoms. The molecule has 0 radical (unpaired) electrons. The van der Waals surface area contributed by atoms with Crippen molar-refractivity contribution in [2.75, 3.05) is 19.6 Å². The van der Waals surface area contributed by atoms with Crippen LogP contribution in [0.25, 0.3) is 10.8 Å². The molecule has 2 heterocycles. The van der Waals surface area contributed by atoms with E-state index in [9.17, 15) is 9.59 Å². The van der Waals surface area contributed by atoms with Crippen LogP contribution in [0, 0.1) is 0 Å². The number of carbonyl (C=O) groups excluding carboxylic acids is 2. The molecule has 0 saturated carbocycles. The first-order chi connectivity index (χ1) is 13.1. The predicted molar refractivity (Wildman–Crippen MR) is 108 cm³/mol. The molecule has 1 aliphatic heterocycles. The van der Waals surface area contributed by atoms with Crippen molar-refractivity contribution in [3.05, 3.63) is 70.4 Å². The SMILES string of the molecule is NC(=O)C1(Cc2ccc3ccccc3c2)CNCCN1C(=O)c1cccs1. The van der Waals surface area contributed by atoms with Crippen LogP contribution in [0.3, 0.4) is 0 Å². The number of nitrogens with zero attached hydrogens (tertiary/aromatic N) is 1. The molecular formula is C21H21N3O2S. The normalized spacial score (nSPS) is 19.9. The number of rotatable bonds is 4. The monoisotopic (exact) mass is 379 g/mol. The van der Waals surface area contributed by atoms with Crippen LogP contribution in [0.15, 0.2) is 60.0 Å². The van der Waals surface area contributed by atoms with Crippen molar-refractivity contribution in [3.63, 3.8) is 0 Å². The van der Waals surface area contributed by atoms with Crippen molar-refractivity contribution < 1.29 is 9.59 Å². The molecule has 4 rings (SSSR count). The van der Waals surface area contributed by atoms with Gasteiger partial charge < -0.3 is 16.0 Å². The Bertz CT molecular complexity index is 986. The maximum Gasteiger partial charge on any atom is 0.264 e. The molecule has 1 atom stereocenters. The Morgan fingerprint density at radius 1 is 1.11 bits per heavy atom. The van der Waals surface area contributed by atoms with Crippen LogP contribution in [0.5, 0.6) is 0 Å². The Balaban J connectivity index is 1.73. The Hall–Kier alpha value is -2.70. The fourth-order valence-corrected chi connectivity index (χ4v) is 4.45. The largest absolute Gasteiger partial charge is 0.368 e. The van der Waals surface area contributed by atoms with Crippen molar-refractivity contribution in [1.29, 1.82) is 0 Å². The van der Waals surface area contributed by atoms with Crippen molar-refractivity contribution in [3.8, 4) is 0 Å². The fourth-order valence-electron chi connectivity index (χ4n) is 3.78. The lowest BCUT2D eigenvalue weighted by Crippen LogP contribution is -2.69. The van der Waals surface area contributed by atoms with E-state index in [0.29, 0.717) is 30.9 Å². The van der Waals surface area contributed by atoms with E-state index in [0.717, 1.165) is 16.3 Å². The van der Waals surface area contributed by atoms with Gasteiger partial charge in [0.2, 0.25) is 5.91 Å². The van der Waals surface area contributed by atoms with Crippen LogP contribution in [0.1, 0.15) is 15.2 Å². The highest BCUT2D eigenvalue weighted by molar-refractivity contribution is 7.12. The minimum absolute atomic E-state index is 0.133. The molecule has 0 spiro atoms. The van der Waals surface area contributed by atoms with Crippen LogP contribution < -0.4 is 11.1 Å². The average Bonchev–Trinajstić information content (AvgIpc) is 3.22. The van der Waals surface area contributed by atoms with Gasteiger partial charge in [-0.15, -0.1) is 11.3 Å². The van der Waals surface area contributed by atoms with Crippen LogP contribution in [0.2, 0.25) is 0 Å².